The number of hydrogen-bond donors (Lipinski definition) is 2. The highest BCUT2D eigenvalue weighted by Gasteiger charge is 2.25. The summed E-state index contributed by atoms with van der Waals surface area (Å²) >= 11 is 21.9. The fraction of sp³-hybridized carbons (Fsp3) is 0.182. The Labute approximate surface area is 284 Å². The molecule has 12 heteroatoms. The van der Waals surface area contributed by atoms with Gasteiger partial charge in [-0.1, -0.05) is 83.3 Å². The molecule has 0 aromatic heterocycles. The first-order valence-corrected chi connectivity index (χ1v) is 15.6. The van der Waals surface area contributed by atoms with Crippen LogP contribution in [0.25, 0.3) is 0 Å². The number of methoxy groups -OCH3 is 1. The van der Waals surface area contributed by atoms with Crippen LogP contribution in [0.3, 0.4) is 0 Å². The standard InChI is InChI=1S/C33H29BrCl3N3O5/c1-20(45-29-13-12-24(35)17-27(29)37)32(41)39-28(15-21-8-4-3-5-9-21)33(42)40-38-18-22-14-25(34)31(30(16-22)43-2)44-19-23-10-6-7-11-26(23)36/h3-14,16-18,20,28H,15,19H2,1-2H3,(H,39,41)(H,40,42)/b38-18-/t20-,28-/m0/s1. The number of carbonyl (C=O) groups is 2. The van der Waals surface area contributed by atoms with E-state index in [9.17, 15) is 9.59 Å². The number of amides is 2. The van der Waals surface area contributed by atoms with E-state index in [0.717, 1.165) is 11.1 Å². The molecule has 8 nitrogen and oxygen atoms in total. The minimum Gasteiger partial charge on any atom is -0.493 e. The molecule has 0 spiro atoms. The Morgan fingerprint density at radius 2 is 1.64 bits per heavy atom. The van der Waals surface area contributed by atoms with Crippen LogP contribution in [-0.2, 0) is 22.6 Å². The van der Waals surface area contributed by atoms with Crippen molar-refractivity contribution in [1.82, 2.24) is 10.7 Å². The van der Waals surface area contributed by atoms with Gasteiger partial charge in [-0.3, -0.25) is 9.59 Å². The van der Waals surface area contributed by atoms with Crippen LogP contribution in [0.1, 0.15) is 23.6 Å². The number of halogens is 4. The number of rotatable bonds is 13. The molecule has 0 saturated carbocycles. The lowest BCUT2D eigenvalue weighted by Crippen LogP contribution is -2.50. The van der Waals surface area contributed by atoms with E-state index in [1.54, 1.807) is 37.3 Å². The lowest BCUT2D eigenvalue weighted by molar-refractivity contribution is -0.132. The van der Waals surface area contributed by atoms with Gasteiger partial charge in [0.2, 0.25) is 0 Å². The number of hydrogen-bond acceptors (Lipinski definition) is 6. The highest BCUT2D eigenvalue weighted by Crippen LogP contribution is 2.37. The van der Waals surface area contributed by atoms with Gasteiger partial charge >= 0.3 is 0 Å². The zero-order valence-corrected chi connectivity index (χ0v) is 28.1. The predicted molar refractivity (Wildman–Crippen MR) is 181 cm³/mol. The zero-order chi connectivity index (χ0) is 32.3. The van der Waals surface area contributed by atoms with Gasteiger partial charge in [-0.2, -0.15) is 5.10 Å². The van der Waals surface area contributed by atoms with Gasteiger partial charge in [0.25, 0.3) is 11.8 Å². The zero-order valence-electron chi connectivity index (χ0n) is 24.2. The van der Waals surface area contributed by atoms with Gasteiger partial charge in [-0.15, -0.1) is 0 Å². The van der Waals surface area contributed by atoms with E-state index in [1.165, 1.54) is 19.4 Å². The monoisotopic (exact) mass is 731 g/mol. The fourth-order valence-corrected chi connectivity index (χ4v) is 5.35. The normalized spacial score (nSPS) is 12.3. The maximum Gasteiger partial charge on any atom is 0.262 e. The van der Waals surface area contributed by atoms with Crippen molar-refractivity contribution >= 4 is 68.8 Å². The van der Waals surface area contributed by atoms with E-state index in [0.29, 0.717) is 37.3 Å². The second-order valence-electron chi connectivity index (χ2n) is 9.73. The summed E-state index contributed by atoms with van der Waals surface area (Å²) in [6.07, 6.45) is 0.722. The molecular weight excluding hydrogens is 705 g/mol. The summed E-state index contributed by atoms with van der Waals surface area (Å²) < 4.78 is 17.9. The average molecular weight is 734 g/mol. The van der Waals surface area contributed by atoms with Crippen LogP contribution >= 0.6 is 50.7 Å². The number of nitrogens with zero attached hydrogens (tertiary/aromatic N) is 1. The van der Waals surface area contributed by atoms with Gasteiger partial charge in [0, 0.05) is 22.0 Å². The molecule has 0 saturated heterocycles. The third-order valence-electron chi connectivity index (χ3n) is 6.45. The molecule has 0 fully saturated rings. The molecule has 2 amide bonds. The summed E-state index contributed by atoms with van der Waals surface area (Å²) in [6.45, 7) is 1.80. The van der Waals surface area contributed by atoms with Gasteiger partial charge in [-0.05, 0) is 70.4 Å². The number of benzene rings is 4. The number of carbonyl (C=O) groups excluding carboxylic acids is 2. The van der Waals surface area contributed by atoms with Gasteiger partial charge in [-0.25, -0.2) is 5.43 Å². The molecule has 2 N–H and O–H groups in total. The Kier molecular flexibility index (Phi) is 12.5. The van der Waals surface area contributed by atoms with E-state index in [2.05, 4.69) is 31.8 Å². The van der Waals surface area contributed by atoms with Crippen LogP contribution in [0.15, 0.2) is 94.5 Å². The topological polar surface area (TPSA) is 98.2 Å². The van der Waals surface area contributed by atoms with E-state index < -0.39 is 24.0 Å². The maximum absolute atomic E-state index is 13.3. The van der Waals surface area contributed by atoms with Crippen molar-refractivity contribution in [1.29, 1.82) is 0 Å². The number of nitrogens with one attached hydrogen (secondary N) is 2. The predicted octanol–water partition coefficient (Wildman–Crippen LogP) is 7.64. The molecule has 45 heavy (non-hydrogen) atoms. The molecule has 0 aliphatic carbocycles. The molecule has 0 bridgehead atoms. The fourth-order valence-electron chi connectivity index (χ4n) is 4.13. The number of ether oxygens (including phenoxy) is 3. The summed E-state index contributed by atoms with van der Waals surface area (Å²) in [4.78, 5) is 26.3. The molecule has 234 valence electrons. The minimum absolute atomic E-state index is 0.221. The van der Waals surface area contributed by atoms with Gasteiger partial charge < -0.3 is 19.5 Å². The maximum atomic E-state index is 13.3. The Hall–Kier alpha value is -3.76. The van der Waals surface area contributed by atoms with Crippen molar-refractivity contribution in [2.24, 2.45) is 5.10 Å². The third-order valence-corrected chi connectivity index (χ3v) is 7.94. The van der Waals surface area contributed by atoms with Crippen molar-refractivity contribution < 1.29 is 23.8 Å². The van der Waals surface area contributed by atoms with Gasteiger partial charge in [0.05, 0.1) is 22.8 Å². The smallest absolute Gasteiger partial charge is 0.262 e. The molecule has 0 aliphatic heterocycles. The van der Waals surface area contributed by atoms with Crippen molar-refractivity contribution in [2.45, 2.75) is 32.1 Å². The van der Waals surface area contributed by atoms with Crippen LogP contribution in [0.2, 0.25) is 15.1 Å². The van der Waals surface area contributed by atoms with Crippen molar-refractivity contribution in [3.63, 3.8) is 0 Å². The van der Waals surface area contributed by atoms with Crippen LogP contribution in [0, 0.1) is 0 Å². The molecule has 0 heterocycles. The highest BCUT2D eigenvalue weighted by molar-refractivity contribution is 9.10. The van der Waals surface area contributed by atoms with E-state index in [4.69, 9.17) is 49.0 Å². The molecule has 0 radical (unpaired) electrons. The summed E-state index contributed by atoms with van der Waals surface area (Å²) in [5.74, 6) is 0.195. The van der Waals surface area contributed by atoms with E-state index in [1.807, 2.05) is 48.5 Å². The Balaban J connectivity index is 1.44. The SMILES string of the molecule is COc1cc(/C=N\NC(=O)[C@H](Cc2ccccc2)NC(=O)[C@H](C)Oc2ccc(Cl)cc2Cl)cc(Br)c1OCc1ccccc1Cl. The minimum atomic E-state index is -0.957. The number of hydrazone groups is 1. The largest absolute Gasteiger partial charge is 0.493 e. The highest BCUT2D eigenvalue weighted by atomic mass is 79.9. The van der Waals surface area contributed by atoms with Crippen molar-refractivity contribution in [3.8, 4) is 17.2 Å². The van der Waals surface area contributed by atoms with Crippen molar-refractivity contribution in [2.75, 3.05) is 7.11 Å². The second-order valence-corrected chi connectivity index (χ2v) is 11.8. The second kappa shape index (κ2) is 16.5. The van der Waals surface area contributed by atoms with Crippen LogP contribution in [-0.4, -0.2) is 37.3 Å². The van der Waals surface area contributed by atoms with Gasteiger partial charge in [0.1, 0.15) is 18.4 Å². The molecule has 0 aliphatic rings. The molecular formula is C33H29BrCl3N3O5. The molecule has 2 atom stereocenters. The molecule has 4 aromatic rings. The Bertz CT molecular complexity index is 1670. The summed E-state index contributed by atoms with van der Waals surface area (Å²) in [5, 5.41) is 8.18. The quantitative estimate of drug-likeness (QED) is 0.109. The van der Waals surface area contributed by atoms with Crippen molar-refractivity contribution in [3.05, 3.63) is 121 Å². The summed E-state index contributed by atoms with van der Waals surface area (Å²) in [7, 11) is 1.52. The molecule has 0 unspecified atom stereocenters. The average Bonchev–Trinajstić information content (AvgIpc) is 3.02. The first kappa shape index (κ1) is 34.1. The molecule has 4 aromatic carbocycles. The third kappa shape index (κ3) is 9.86. The van der Waals surface area contributed by atoms with Crippen LogP contribution in [0.5, 0.6) is 17.2 Å². The van der Waals surface area contributed by atoms with E-state index in [-0.39, 0.29) is 18.1 Å². The molecule has 4 rings (SSSR count). The van der Waals surface area contributed by atoms with Crippen LogP contribution in [0.4, 0.5) is 0 Å². The van der Waals surface area contributed by atoms with Gasteiger partial charge in [0.15, 0.2) is 17.6 Å². The Morgan fingerprint density at radius 1 is 0.911 bits per heavy atom. The van der Waals surface area contributed by atoms with E-state index >= 15 is 0 Å². The summed E-state index contributed by atoms with van der Waals surface area (Å²) in [6, 6.07) is 23.9. The summed E-state index contributed by atoms with van der Waals surface area (Å²) in [5.41, 5.74) is 4.81. The van der Waals surface area contributed by atoms with Crippen LogP contribution < -0.4 is 25.0 Å². The lowest BCUT2D eigenvalue weighted by atomic mass is 10.1. The Morgan fingerprint density at radius 3 is 2.36 bits per heavy atom. The first-order chi connectivity index (χ1) is 21.6. The first-order valence-electron chi connectivity index (χ1n) is 13.7. The lowest BCUT2D eigenvalue weighted by Gasteiger charge is -2.21.